The predicted molar refractivity (Wildman–Crippen MR) is 43.6 cm³/mol. The summed E-state index contributed by atoms with van der Waals surface area (Å²) in [4.78, 5) is 0. The van der Waals surface area contributed by atoms with E-state index in [1.54, 1.807) is 0 Å². The second-order valence-electron chi connectivity index (χ2n) is 1.41. The molecule has 0 bridgehead atoms. The fourth-order valence-corrected chi connectivity index (χ4v) is 0.453. The van der Waals surface area contributed by atoms with E-state index in [0.29, 0.717) is 0 Å². The van der Waals surface area contributed by atoms with Gasteiger partial charge in [0.25, 0.3) is 0 Å². The zero-order valence-electron chi connectivity index (χ0n) is 5.54. The number of hydrogen-bond donors (Lipinski definition) is 2. The van der Waals surface area contributed by atoms with Crippen molar-refractivity contribution in [3.63, 3.8) is 0 Å². The summed E-state index contributed by atoms with van der Waals surface area (Å²) in [6.07, 6.45) is 0. The quantitative estimate of drug-likeness (QED) is 0.368. The Morgan fingerprint density at radius 3 is 1.67 bits per heavy atom. The molecule has 0 heterocycles. The van der Waals surface area contributed by atoms with Gasteiger partial charge in [-0.25, -0.2) is 0 Å². The van der Waals surface area contributed by atoms with Gasteiger partial charge in [0, 0.05) is 5.69 Å². The molecule has 4 N–H and O–H groups in total. The summed E-state index contributed by atoms with van der Waals surface area (Å²) < 4.78 is 0. The van der Waals surface area contributed by atoms with E-state index in [0.717, 1.165) is 5.69 Å². The van der Waals surface area contributed by atoms with Crippen LogP contribution in [-0.4, -0.2) is 7.98 Å². The number of nitrogens with two attached hydrogens (primary N) is 2. The molecule has 1 aromatic carbocycles. The lowest BCUT2D eigenvalue weighted by Crippen LogP contribution is -1.79. The molecular formula is C6H11BN2. The van der Waals surface area contributed by atoms with Crippen molar-refractivity contribution in [2.75, 3.05) is 5.73 Å². The minimum atomic E-state index is 0.822. The molecule has 0 aliphatic rings. The minimum Gasteiger partial charge on any atom is -0.399 e. The number of para-hydroxylation sites is 1. The molecule has 1 rings (SSSR count). The number of benzene rings is 1. The van der Waals surface area contributed by atoms with Crippen LogP contribution in [0.3, 0.4) is 0 Å². The van der Waals surface area contributed by atoms with Crippen molar-refractivity contribution in [3.05, 3.63) is 30.3 Å². The van der Waals surface area contributed by atoms with E-state index >= 15 is 0 Å². The number of hydrogen-bond acceptors (Lipinski definition) is 2. The summed E-state index contributed by atoms with van der Waals surface area (Å²) in [7, 11) is 1.50. The van der Waals surface area contributed by atoms with Crippen LogP contribution in [0.25, 0.3) is 0 Å². The first-order chi connectivity index (χ1) is 4.39. The monoisotopic (exact) mass is 122 g/mol. The molecule has 48 valence electrons. The van der Waals surface area contributed by atoms with Crippen molar-refractivity contribution in [3.8, 4) is 0 Å². The van der Waals surface area contributed by atoms with Gasteiger partial charge in [0.15, 0.2) is 7.98 Å². The third-order valence-corrected chi connectivity index (χ3v) is 0.800. The molecule has 0 aliphatic heterocycles. The number of nitrogen functional groups attached to an aromatic ring is 1. The normalized spacial score (nSPS) is 7.22. The van der Waals surface area contributed by atoms with Gasteiger partial charge in [-0.05, 0) is 12.1 Å². The molecule has 0 saturated carbocycles. The number of anilines is 1. The van der Waals surface area contributed by atoms with Crippen molar-refractivity contribution < 1.29 is 0 Å². The van der Waals surface area contributed by atoms with Gasteiger partial charge in [-0.1, -0.05) is 18.2 Å². The Balaban J connectivity index is 0.000000291. The van der Waals surface area contributed by atoms with Crippen LogP contribution < -0.4 is 11.4 Å². The van der Waals surface area contributed by atoms with Crippen LogP contribution in [0, 0.1) is 0 Å². The highest BCUT2D eigenvalue weighted by atomic mass is 14.5. The van der Waals surface area contributed by atoms with Crippen molar-refractivity contribution in [2.45, 2.75) is 0 Å². The topological polar surface area (TPSA) is 52.0 Å². The molecule has 0 aromatic heterocycles. The predicted octanol–water partition coefficient (Wildman–Crippen LogP) is -0.238. The van der Waals surface area contributed by atoms with Gasteiger partial charge in [0.05, 0.1) is 0 Å². The van der Waals surface area contributed by atoms with E-state index in [2.05, 4.69) is 5.64 Å². The Labute approximate surface area is 56.3 Å². The molecule has 0 radical (unpaired) electrons. The average molecular weight is 122 g/mol. The zero-order chi connectivity index (χ0) is 7.11. The summed E-state index contributed by atoms with van der Waals surface area (Å²) in [6, 6.07) is 9.49. The summed E-state index contributed by atoms with van der Waals surface area (Å²) in [6.45, 7) is 0. The maximum absolute atomic E-state index is 5.36. The van der Waals surface area contributed by atoms with E-state index in [-0.39, 0.29) is 0 Å². The maximum Gasteiger partial charge on any atom is 0.178 e. The van der Waals surface area contributed by atoms with Gasteiger partial charge in [-0.15, -0.1) is 0 Å². The van der Waals surface area contributed by atoms with Crippen molar-refractivity contribution >= 4 is 13.7 Å². The van der Waals surface area contributed by atoms with E-state index < -0.39 is 0 Å². The second kappa shape index (κ2) is 5.19. The molecule has 0 spiro atoms. The van der Waals surface area contributed by atoms with Crippen molar-refractivity contribution in [1.29, 1.82) is 0 Å². The Bertz CT molecular complexity index is 141. The fraction of sp³-hybridized carbons (Fsp3) is 0. The minimum absolute atomic E-state index is 0.822. The van der Waals surface area contributed by atoms with Crippen LogP contribution in [0.4, 0.5) is 5.69 Å². The molecule has 3 heteroatoms. The average Bonchev–Trinajstić information content (AvgIpc) is 1.94. The van der Waals surface area contributed by atoms with Crippen molar-refractivity contribution in [1.82, 2.24) is 0 Å². The standard InChI is InChI=1S/C6H7N.BH4N/c7-6-4-2-1-3-5-6;1-2/h1-5H,7H2;1-2H2. The largest absolute Gasteiger partial charge is 0.399 e. The summed E-state index contributed by atoms with van der Waals surface area (Å²) in [5.41, 5.74) is 10.7. The molecule has 9 heavy (non-hydrogen) atoms. The lowest BCUT2D eigenvalue weighted by atomic mass is 10.3. The van der Waals surface area contributed by atoms with E-state index in [9.17, 15) is 0 Å². The maximum atomic E-state index is 5.36. The number of rotatable bonds is 0. The third-order valence-electron chi connectivity index (χ3n) is 0.800. The molecule has 0 aliphatic carbocycles. The lowest BCUT2D eigenvalue weighted by molar-refractivity contribution is 1.69. The Kier molecular flexibility index (Phi) is 4.64. The zero-order valence-corrected chi connectivity index (χ0v) is 5.54. The first kappa shape index (κ1) is 8.04. The van der Waals surface area contributed by atoms with Crippen LogP contribution in [0.15, 0.2) is 30.3 Å². The highest BCUT2D eigenvalue weighted by molar-refractivity contribution is 6.02. The fourth-order valence-electron chi connectivity index (χ4n) is 0.453. The Morgan fingerprint density at radius 2 is 1.44 bits per heavy atom. The van der Waals surface area contributed by atoms with Crippen molar-refractivity contribution in [2.24, 2.45) is 5.64 Å². The van der Waals surface area contributed by atoms with E-state index in [1.807, 2.05) is 30.3 Å². The molecular weight excluding hydrogens is 111 g/mol. The third kappa shape index (κ3) is 3.61. The van der Waals surface area contributed by atoms with E-state index in [4.69, 9.17) is 5.73 Å². The van der Waals surface area contributed by atoms with Crippen LogP contribution in [-0.2, 0) is 0 Å². The Morgan fingerprint density at radius 1 is 1.00 bits per heavy atom. The smallest absolute Gasteiger partial charge is 0.178 e. The molecule has 0 atom stereocenters. The molecule has 0 amide bonds. The summed E-state index contributed by atoms with van der Waals surface area (Å²) >= 11 is 0. The van der Waals surface area contributed by atoms with Gasteiger partial charge in [-0.3, -0.25) is 0 Å². The molecule has 2 nitrogen and oxygen atoms in total. The van der Waals surface area contributed by atoms with Gasteiger partial charge in [0.1, 0.15) is 0 Å². The Hall–Kier alpha value is -0.955. The first-order valence-corrected chi connectivity index (χ1v) is 2.78. The van der Waals surface area contributed by atoms with Crippen LogP contribution in [0.2, 0.25) is 0 Å². The molecule has 1 aromatic rings. The van der Waals surface area contributed by atoms with Crippen LogP contribution in [0.5, 0.6) is 0 Å². The SMILES string of the molecule is BN.Nc1ccccc1. The van der Waals surface area contributed by atoms with E-state index in [1.165, 1.54) is 7.98 Å². The van der Waals surface area contributed by atoms with Crippen LogP contribution >= 0.6 is 0 Å². The summed E-state index contributed by atoms with van der Waals surface area (Å²) in [5, 5.41) is 0. The van der Waals surface area contributed by atoms with Crippen LogP contribution in [0.1, 0.15) is 0 Å². The van der Waals surface area contributed by atoms with Gasteiger partial charge < -0.3 is 11.4 Å². The molecule has 0 unspecified atom stereocenters. The highest BCUT2D eigenvalue weighted by Gasteiger charge is 1.72. The van der Waals surface area contributed by atoms with Gasteiger partial charge in [0.2, 0.25) is 0 Å². The molecule has 0 saturated heterocycles. The second-order valence-corrected chi connectivity index (χ2v) is 1.41. The summed E-state index contributed by atoms with van der Waals surface area (Å²) in [5.74, 6) is 0. The van der Waals surface area contributed by atoms with Gasteiger partial charge >= 0.3 is 0 Å². The molecule has 0 fully saturated rings. The highest BCUT2D eigenvalue weighted by Crippen LogP contribution is 1.95. The lowest BCUT2D eigenvalue weighted by Gasteiger charge is -1.83. The van der Waals surface area contributed by atoms with Gasteiger partial charge in [-0.2, -0.15) is 0 Å². The first-order valence-electron chi connectivity index (χ1n) is 2.78.